The first-order chi connectivity index (χ1) is 12.3. The lowest BCUT2D eigenvalue weighted by molar-refractivity contribution is -0.384. The fourth-order valence-corrected chi connectivity index (χ4v) is 3.85. The van der Waals surface area contributed by atoms with Crippen LogP contribution in [0, 0.1) is 10.1 Å². The van der Waals surface area contributed by atoms with Gasteiger partial charge in [0, 0.05) is 29.4 Å². The van der Waals surface area contributed by atoms with Crippen molar-refractivity contribution >= 4 is 11.7 Å². The second-order valence-corrected chi connectivity index (χ2v) is 7.39. The Balaban J connectivity index is 1.95. The monoisotopic (exact) mass is 356 g/mol. The van der Waals surface area contributed by atoms with Crippen molar-refractivity contribution in [2.75, 3.05) is 0 Å². The third kappa shape index (κ3) is 3.64. The van der Waals surface area contributed by atoms with Crippen LogP contribution in [0.5, 0.6) is 0 Å². The van der Waals surface area contributed by atoms with Crippen LogP contribution < -0.4 is 5.32 Å². The van der Waals surface area contributed by atoms with Gasteiger partial charge in [-0.1, -0.05) is 18.2 Å². The molecule has 0 bridgehead atoms. The van der Waals surface area contributed by atoms with Crippen molar-refractivity contribution in [1.29, 1.82) is 0 Å². The molecule has 1 unspecified atom stereocenters. The molecule has 2 aliphatic rings. The summed E-state index contributed by atoms with van der Waals surface area (Å²) in [5, 5.41) is 14.3. The van der Waals surface area contributed by atoms with E-state index in [0.717, 1.165) is 37.1 Å². The number of allylic oxidation sites excluding steroid dienone is 3. The van der Waals surface area contributed by atoms with Gasteiger partial charge in [-0.2, -0.15) is 0 Å². The molecule has 0 radical (unpaired) electrons. The largest absolute Gasteiger partial charge is 0.456 e. The summed E-state index contributed by atoms with van der Waals surface area (Å²) >= 11 is 0. The van der Waals surface area contributed by atoms with Crippen LogP contribution in [-0.2, 0) is 9.53 Å². The van der Waals surface area contributed by atoms with E-state index >= 15 is 0 Å². The fraction of sp³-hybridized carbons (Fsp3) is 0.450. The fourth-order valence-electron chi connectivity index (χ4n) is 3.85. The van der Waals surface area contributed by atoms with E-state index in [0.29, 0.717) is 11.1 Å². The summed E-state index contributed by atoms with van der Waals surface area (Å²) in [5.74, 6) is -0.715. The molecule has 0 saturated heterocycles. The van der Waals surface area contributed by atoms with Crippen LogP contribution in [0.15, 0.2) is 47.3 Å². The topological polar surface area (TPSA) is 81.5 Å². The second kappa shape index (κ2) is 6.94. The van der Waals surface area contributed by atoms with E-state index in [1.165, 1.54) is 12.1 Å². The highest BCUT2D eigenvalue weighted by Crippen LogP contribution is 2.38. The lowest BCUT2D eigenvalue weighted by Crippen LogP contribution is -2.32. The van der Waals surface area contributed by atoms with Gasteiger partial charge in [0.1, 0.15) is 5.60 Å². The molecule has 1 atom stereocenters. The van der Waals surface area contributed by atoms with E-state index in [1.807, 2.05) is 32.9 Å². The van der Waals surface area contributed by atoms with Crippen molar-refractivity contribution in [3.8, 4) is 0 Å². The molecule has 1 aromatic carbocycles. The highest BCUT2D eigenvalue weighted by Gasteiger charge is 2.36. The molecular formula is C20H24N2O4. The van der Waals surface area contributed by atoms with Crippen LogP contribution in [0.4, 0.5) is 5.69 Å². The Hall–Kier alpha value is -2.63. The minimum absolute atomic E-state index is 0.0141. The number of nitro groups is 1. The molecule has 26 heavy (non-hydrogen) atoms. The standard InChI is InChI=1S/C20H24N2O4/c1-13-11-17(15-7-6-8-16(12-15)22(24)25)18(14(2)21-13)19(23)26-20(3)9-4-5-10-20/h6-8,11-12,17,21H,4-5,9-10H2,1-3H3. The summed E-state index contributed by atoms with van der Waals surface area (Å²) < 4.78 is 5.87. The van der Waals surface area contributed by atoms with Crippen LogP contribution in [0.25, 0.3) is 0 Å². The first-order valence-corrected chi connectivity index (χ1v) is 8.93. The van der Waals surface area contributed by atoms with Gasteiger partial charge in [0.2, 0.25) is 0 Å². The summed E-state index contributed by atoms with van der Waals surface area (Å²) in [6.07, 6.45) is 5.78. The maximum absolute atomic E-state index is 13.0. The predicted octanol–water partition coefficient (Wildman–Crippen LogP) is 4.34. The zero-order chi connectivity index (χ0) is 18.9. The van der Waals surface area contributed by atoms with Gasteiger partial charge in [0.25, 0.3) is 5.69 Å². The SMILES string of the molecule is CC1=CC(c2cccc([N+](=O)[O-])c2)C(C(=O)OC2(C)CCCC2)=C(C)N1. The normalized spacial score (nSPS) is 21.8. The molecule has 1 aliphatic carbocycles. The third-order valence-corrected chi connectivity index (χ3v) is 5.18. The van der Waals surface area contributed by atoms with Crippen LogP contribution in [0.1, 0.15) is 57.9 Å². The Morgan fingerprint density at radius 1 is 1.31 bits per heavy atom. The van der Waals surface area contributed by atoms with Crippen molar-refractivity contribution in [3.05, 3.63) is 63.0 Å². The summed E-state index contributed by atoms with van der Waals surface area (Å²) in [7, 11) is 0. The lowest BCUT2D eigenvalue weighted by atomic mass is 9.86. The smallest absolute Gasteiger partial charge is 0.337 e. The van der Waals surface area contributed by atoms with Gasteiger partial charge in [0.05, 0.1) is 10.5 Å². The molecule has 138 valence electrons. The predicted molar refractivity (Wildman–Crippen MR) is 98.4 cm³/mol. The van der Waals surface area contributed by atoms with Gasteiger partial charge < -0.3 is 10.1 Å². The summed E-state index contributed by atoms with van der Waals surface area (Å²) in [4.78, 5) is 23.7. The Morgan fingerprint density at radius 3 is 2.65 bits per heavy atom. The van der Waals surface area contributed by atoms with Crippen molar-refractivity contribution in [2.45, 2.75) is 58.0 Å². The van der Waals surface area contributed by atoms with E-state index < -0.39 is 10.5 Å². The molecule has 1 heterocycles. The zero-order valence-electron chi connectivity index (χ0n) is 15.4. The second-order valence-electron chi connectivity index (χ2n) is 7.39. The number of dihydropyridines is 1. The zero-order valence-corrected chi connectivity index (χ0v) is 15.4. The van der Waals surface area contributed by atoms with E-state index in [2.05, 4.69) is 5.32 Å². The molecule has 1 fully saturated rings. The number of carbonyl (C=O) groups excluding carboxylic acids is 1. The number of nitrogens with one attached hydrogen (secondary N) is 1. The summed E-state index contributed by atoms with van der Waals surface area (Å²) in [6, 6.07) is 6.44. The summed E-state index contributed by atoms with van der Waals surface area (Å²) in [5.41, 5.74) is 2.46. The highest BCUT2D eigenvalue weighted by atomic mass is 16.6. The van der Waals surface area contributed by atoms with Crippen LogP contribution >= 0.6 is 0 Å². The average Bonchev–Trinajstić information content (AvgIpc) is 3.00. The van der Waals surface area contributed by atoms with Gasteiger partial charge in [-0.15, -0.1) is 0 Å². The number of rotatable bonds is 4. The van der Waals surface area contributed by atoms with E-state index in [-0.39, 0.29) is 17.6 Å². The number of nitrogens with zero attached hydrogens (tertiary/aromatic N) is 1. The van der Waals surface area contributed by atoms with Gasteiger partial charge >= 0.3 is 5.97 Å². The molecule has 1 aromatic rings. The lowest BCUT2D eigenvalue weighted by Gasteiger charge is -2.30. The van der Waals surface area contributed by atoms with Gasteiger partial charge in [-0.3, -0.25) is 10.1 Å². The van der Waals surface area contributed by atoms with E-state index in [1.54, 1.807) is 6.07 Å². The van der Waals surface area contributed by atoms with Gasteiger partial charge in [0.15, 0.2) is 0 Å². The number of carbonyl (C=O) groups is 1. The maximum atomic E-state index is 13.0. The number of hydrogen-bond acceptors (Lipinski definition) is 5. The van der Waals surface area contributed by atoms with E-state index in [4.69, 9.17) is 4.74 Å². The molecule has 1 saturated carbocycles. The van der Waals surface area contributed by atoms with Crippen molar-refractivity contribution in [2.24, 2.45) is 0 Å². The quantitative estimate of drug-likeness (QED) is 0.493. The third-order valence-electron chi connectivity index (χ3n) is 5.18. The number of non-ortho nitro benzene ring substituents is 1. The first kappa shape index (κ1) is 18.2. The Labute approximate surface area is 153 Å². The highest BCUT2D eigenvalue weighted by molar-refractivity contribution is 5.92. The van der Waals surface area contributed by atoms with Crippen LogP contribution in [0.2, 0.25) is 0 Å². The first-order valence-electron chi connectivity index (χ1n) is 8.93. The molecule has 3 rings (SSSR count). The molecule has 6 nitrogen and oxygen atoms in total. The number of hydrogen-bond donors (Lipinski definition) is 1. The number of benzene rings is 1. The average molecular weight is 356 g/mol. The molecule has 6 heteroatoms. The minimum atomic E-state index is -0.423. The maximum Gasteiger partial charge on any atom is 0.337 e. The minimum Gasteiger partial charge on any atom is -0.456 e. The van der Waals surface area contributed by atoms with E-state index in [9.17, 15) is 14.9 Å². The van der Waals surface area contributed by atoms with Crippen LogP contribution in [-0.4, -0.2) is 16.5 Å². The number of esters is 1. The van der Waals surface area contributed by atoms with Gasteiger partial charge in [-0.05, 0) is 52.0 Å². The molecule has 0 aromatic heterocycles. The molecule has 1 N–H and O–H groups in total. The Kier molecular flexibility index (Phi) is 4.85. The Bertz CT molecular complexity index is 804. The number of ether oxygens (including phenoxy) is 1. The molecule has 1 aliphatic heterocycles. The molecule has 0 spiro atoms. The van der Waals surface area contributed by atoms with Crippen molar-refractivity contribution in [3.63, 3.8) is 0 Å². The molecular weight excluding hydrogens is 332 g/mol. The summed E-state index contributed by atoms with van der Waals surface area (Å²) in [6.45, 7) is 5.73. The van der Waals surface area contributed by atoms with Crippen LogP contribution in [0.3, 0.4) is 0 Å². The van der Waals surface area contributed by atoms with Gasteiger partial charge in [-0.25, -0.2) is 4.79 Å². The number of nitro benzene ring substituents is 1. The van der Waals surface area contributed by atoms with Crippen molar-refractivity contribution in [1.82, 2.24) is 5.32 Å². The molecule has 0 amide bonds. The Morgan fingerprint density at radius 2 is 2.00 bits per heavy atom. The van der Waals surface area contributed by atoms with Crippen molar-refractivity contribution < 1.29 is 14.5 Å².